The molecule has 0 aliphatic carbocycles. The first kappa shape index (κ1) is 16.5. The molecule has 1 aromatic rings. The fourth-order valence-electron chi connectivity index (χ4n) is 3.26. The summed E-state index contributed by atoms with van der Waals surface area (Å²) in [5.41, 5.74) is 8.67. The number of nitrogens with zero attached hydrogens (tertiary/aromatic N) is 1. The van der Waals surface area contributed by atoms with Crippen LogP contribution in [0.4, 0.5) is 0 Å². The van der Waals surface area contributed by atoms with Gasteiger partial charge in [-0.25, -0.2) is 0 Å². The van der Waals surface area contributed by atoms with E-state index in [4.69, 9.17) is 10.5 Å². The fourth-order valence-corrected chi connectivity index (χ4v) is 3.26. The maximum atomic E-state index is 5.94. The molecule has 3 nitrogen and oxygen atoms in total. The first-order valence-corrected chi connectivity index (χ1v) is 8.19. The van der Waals surface area contributed by atoms with Crippen molar-refractivity contribution in [3.8, 4) is 0 Å². The Morgan fingerprint density at radius 2 is 1.86 bits per heavy atom. The lowest BCUT2D eigenvalue weighted by atomic mass is 9.94. The van der Waals surface area contributed by atoms with Crippen molar-refractivity contribution in [3.05, 3.63) is 35.4 Å². The smallest absolute Gasteiger partial charge is 0.0894 e. The van der Waals surface area contributed by atoms with Gasteiger partial charge in [0.1, 0.15) is 0 Å². The second-order valence-corrected chi connectivity index (χ2v) is 6.76. The third-order valence-corrected chi connectivity index (χ3v) is 4.25. The van der Waals surface area contributed by atoms with E-state index in [2.05, 4.69) is 56.9 Å². The second-order valence-electron chi connectivity index (χ2n) is 6.76. The first-order valence-electron chi connectivity index (χ1n) is 8.19. The molecule has 1 aliphatic rings. The number of benzene rings is 1. The molecule has 2 N–H and O–H groups in total. The molecule has 2 atom stereocenters. The SMILES string of the molecule is CC(C)Cc1ccc(C2C(CN)OCCN2C(C)C)cc1. The molecule has 1 saturated heterocycles. The van der Waals surface area contributed by atoms with E-state index < -0.39 is 0 Å². The molecule has 0 saturated carbocycles. The van der Waals surface area contributed by atoms with E-state index in [1.54, 1.807) is 0 Å². The number of ether oxygens (including phenoxy) is 1. The summed E-state index contributed by atoms with van der Waals surface area (Å²) >= 11 is 0. The number of morpholine rings is 1. The summed E-state index contributed by atoms with van der Waals surface area (Å²) in [5, 5.41) is 0. The van der Waals surface area contributed by atoms with Gasteiger partial charge in [-0.05, 0) is 37.3 Å². The Kier molecular flexibility index (Phi) is 5.80. The van der Waals surface area contributed by atoms with Gasteiger partial charge in [0.25, 0.3) is 0 Å². The van der Waals surface area contributed by atoms with Crippen LogP contribution in [-0.4, -0.2) is 36.7 Å². The summed E-state index contributed by atoms with van der Waals surface area (Å²) in [6.45, 7) is 11.3. The quantitative estimate of drug-likeness (QED) is 0.906. The van der Waals surface area contributed by atoms with E-state index in [0.717, 1.165) is 19.6 Å². The van der Waals surface area contributed by atoms with E-state index in [1.807, 2.05) is 0 Å². The minimum Gasteiger partial charge on any atom is -0.374 e. The molecule has 0 spiro atoms. The highest BCUT2D eigenvalue weighted by Crippen LogP contribution is 2.31. The van der Waals surface area contributed by atoms with Crippen LogP contribution in [0.3, 0.4) is 0 Å². The standard InChI is InChI=1S/C18H30N2O/c1-13(2)11-15-5-7-16(8-6-15)18-17(12-19)21-10-9-20(18)14(3)4/h5-8,13-14,17-18H,9-12,19H2,1-4H3. The maximum absolute atomic E-state index is 5.94. The van der Waals surface area contributed by atoms with Crippen LogP contribution in [0.15, 0.2) is 24.3 Å². The van der Waals surface area contributed by atoms with Crippen molar-refractivity contribution < 1.29 is 4.74 Å². The van der Waals surface area contributed by atoms with Gasteiger partial charge in [0.05, 0.1) is 18.8 Å². The van der Waals surface area contributed by atoms with Gasteiger partial charge in [0.15, 0.2) is 0 Å². The lowest BCUT2D eigenvalue weighted by Crippen LogP contribution is -2.50. The average Bonchev–Trinajstić information content (AvgIpc) is 2.46. The van der Waals surface area contributed by atoms with Crippen LogP contribution < -0.4 is 5.73 Å². The largest absolute Gasteiger partial charge is 0.374 e. The highest BCUT2D eigenvalue weighted by atomic mass is 16.5. The van der Waals surface area contributed by atoms with Gasteiger partial charge in [0, 0.05) is 19.1 Å². The Hall–Kier alpha value is -0.900. The zero-order valence-electron chi connectivity index (χ0n) is 13.9. The van der Waals surface area contributed by atoms with Crippen LogP contribution in [-0.2, 0) is 11.2 Å². The van der Waals surface area contributed by atoms with Crippen molar-refractivity contribution in [2.75, 3.05) is 19.7 Å². The minimum absolute atomic E-state index is 0.0945. The molecular formula is C18H30N2O. The fraction of sp³-hybridized carbons (Fsp3) is 0.667. The number of hydrogen-bond acceptors (Lipinski definition) is 3. The average molecular weight is 290 g/mol. The van der Waals surface area contributed by atoms with Gasteiger partial charge in [-0.1, -0.05) is 38.1 Å². The monoisotopic (exact) mass is 290 g/mol. The number of nitrogens with two attached hydrogens (primary N) is 1. The zero-order valence-corrected chi connectivity index (χ0v) is 13.9. The molecule has 1 heterocycles. The van der Waals surface area contributed by atoms with Crippen molar-refractivity contribution in [1.82, 2.24) is 4.90 Å². The van der Waals surface area contributed by atoms with Gasteiger partial charge in [-0.2, -0.15) is 0 Å². The minimum atomic E-state index is 0.0945. The van der Waals surface area contributed by atoms with Crippen molar-refractivity contribution in [2.24, 2.45) is 11.7 Å². The molecule has 0 amide bonds. The van der Waals surface area contributed by atoms with E-state index >= 15 is 0 Å². The van der Waals surface area contributed by atoms with Crippen LogP contribution in [0.25, 0.3) is 0 Å². The number of rotatable bonds is 5. The van der Waals surface area contributed by atoms with Gasteiger partial charge in [0.2, 0.25) is 0 Å². The summed E-state index contributed by atoms with van der Waals surface area (Å²) < 4.78 is 5.90. The summed E-state index contributed by atoms with van der Waals surface area (Å²) in [6.07, 6.45) is 1.23. The lowest BCUT2D eigenvalue weighted by molar-refractivity contribution is -0.0789. The molecule has 0 radical (unpaired) electrons. The van der Waals surface area contributed by atoms with Crippen LogP contribution in [0.1, 0.15) is 44.9 Å². The van der Waals surface area contributed by atoms with Gasteiger partial charge in [-0.15, -0.1) is 0 Å². The van der Waals surface area contributed by atoms with Crippen LogP contribution >= 0.6 is 0 Å². The molecule has 1 aromatic carbocycles. The van der Waals surface area contributed by atoms with Crippen molar-refractivity contribution >= 4 is 0 Å². The Morgan fingerprint density at radius 3 is 2.38 bits per heavy atom. The molecule has 1 aliphatic heterocycles. The Bertz CT molecular complexity index is 427. The molecule has 0 aromatic heterocycles. The summed E-state index contributed by atoms with van der Waals surface area (Å²) in [5.74, 6) is 0.692. The van der Waals surface area contributed by atoms with E-state index in [1.165, 1.54) is 11.1 Å². The number of hydrogen-bond donors (Lipinski definition) is 1. The van der Waals surface area contributed by atoms with Crippen molar-refractivity contribution in [1.29, 1.82) is 0 Å². The van der Waals surface area contributed by atoms with Crippen LogP contribution in [0.5, 0.6) is 0 Å². The van der Waals surface area contributed by atoms with Crippen LogP contribution in [0, 0.1) is 5.92 Å². The maximum Gasteiger partial charge on any atom is 0.0894 e. The topological polar surface area (TPSA) is 38.5 Å². The van der Waals surface area contributed by atoms with Crippen molar-refractivity contribution in [2.45, 2.75) is 52.3 Å². The molecule has 2 unspecified atom stereocenters. The Labute approximate surface area is 129 Å². The van der Waals surface area contributed by atoms with E-state index in [-0.39, 0.29) is 12.1 Å². The molecular weight excluding hydrogens is 260 g/mol. The second kappa shape index (κ2) is 7.39. The molecule has 3 heteroatoms. The Balaban J connectivity index is 2.22. The third kappa shape index (κ3) is 4.06. The zero-order chi connectivity index (χ0) is 15.4. The predicted octanol–water partition coefficient (Wildman–Crippen LogP) is 2.99. The van der Waals surface area contributed by atoms with Gasteiger partial charge >= 0.3 is 0 Å². The third-order valence-electron chi connectivity index (χ3n) is 4.25. The Morgan fingerprint density at radius 1 is 1.19 bits per heavy atom. The summed E-state index contributed by atoms with van der Waals surface area (Å²) in [7, 11) is 0. The molecule has 1 fully saturated rings. The first-order chi connectivity index (χ1) is 10.0. The van der Waals surface area contributed by atoms with Gasteiger partial charge < -0.3 is 10.5 Å². The van der Waals surface area contributed by atoms with Crippen molar-refractivity contribution in [3.63, 3.8) is 0 Å². The molecule has 2 rings (SSSR count). The van der Waals surface area contributed by atoms with Gasteiger partial charge in [-0.3, -0.25) is 4.90 Å². The normalized spacial score (nSPS) is 24.0. The highest BCUT2D eigenvalue weighted by molar-refractivity contribution is 5.27. The van der Waals surface area contributed by atoms with E-state index in [9.17, 15) is 0 Å². The molecule has 0 bridgehead atoms. The molecule has 21 heavy (non-hydrogen) atoms. The molecule has 118 valence electrons. The highest BCUT2D eigenvalue weighted by Gasteiger charge is 2.33. The lowest BCUT2D eigenvalue weighted by Gasteiger charge is -2.43. The summed E-state index contributed by atoms with van der Waals surface area (Å²) in [4.78, 5) is 2.51. The van der Waals surface area contributed by atoms with E-state index in [0.29, 0.717) is 18.5 Å². The van der Waals surface area contributed by atoms with Crippen LogP contribution in [0.2, 0.25) is 0 Å². The summed E-state index contributed by atoms with van der Waals surface area (Å²) in [6, 6.07) is 9.82. The predicted molar refractivity (Wildman–Crippen MR) is 88.4 cm³/mol.